The lowest BCUT2D eigenvalue weighted by atomic mass is 10.0. The Morgan fingerprint density at radius 1 is 1.44 bits per heavy atom. The molecule has 0 atom stereocenters. The summed E-state index contributed by atoms with van der Waals surface area (Å²) in [5.74, 6) is -0.0374. The quantitative estimate of drug-likeness (QED) is 0.676. The lowest BCUT2D eigenvalue weighted by Gasteiger charge is -2.21. The molecule has 1 fully saturated rings. The average Bonchev–Trinajstić information content (AvgIpc) is 2.40. The highest BCUT2D eigenvalue weighted by molar-refractivity contribution is 6.31. The van der Waals surface area contributed by atoms with Crippen LogP contribution in [-0.4, -0.2) is 25.8 Å². The summed E-state index contributed by atoms with van der Waals surface area (Å²) in [5, 5.41) is 0.474. The molecule has 1 aliphatic heterocycles. The lowest BCUT2D eigenvalue weighted by molar-refractivity contribution is 0.0186. The van der Waals surface area contributed by atoms with Crippen LogP contribution in [0.4, 0.5) is 5.69 Å². The number of hydrogen-bond donors (Lipinski definition) is 1. The fraction of sp³-hybridized carbons (Fsp3) is 0.462. The molecule has 0 amide bonds. The molecule has 1 saturated heterocycles. The van der Waals surface area contributed by atoms with Gasteiger partial charge in [0, 0.05) is 23.9 Å². The van der Waals surface area contributed by atoms with Crippen molar-refractivity contribution >= 4 is 23.3 Å². The van der Waals surface area contributed by atoms with E-state index in [1.807, 2.05) is 0 Å². The van der Waals surface area contributed by atoms with Gasteiger partial charge in [-0.25, -0.2) is 4.79 Å². The molecule has 0 radical (unpaired) electrons. The lowest BCUT2D eigenvalue weighted by Crippen LogP contribution is -2.22. The summed E-state index contributed by atoms with van der Waals surface area (Å²) in [5.41, 5.74) is 6.43. The second-order valence-corrected chi connectivity index (χ2v) is 4.82. The molecule has 0 aliphatic carbocycles. The molecule has 2 rings (SSSR count). The van der Waals surface area contributed by atoms with Gasteiger partial charge >= 0.3 is 5.97 Å². The number of anilines is 1. The van der Waals surface area contributed by atoms with Crippen molar-refractivity contribution in [3.8, 4) is 0 Å². The standard InChI is InChI=1S/C13H16ClNO3/c14-10-1-2-12(15)11(7-10)13(16)18-8-9-3-5-17-6-4-9/h1-2,7,9H,3-6,8,15H2. The van der Waals surface area contributed by atoms with Crippen LogP contribution in [0.1, 0.15) is 23.2 Å². The number of esters is 1. The maximum atomic E-state index is 11.9. The molecule has 0 saturated carbocycles. The predicted molar refractivity (Wildman–Crippen MR) is 69.7 cm³/mol. The van der Waals surface area contributed by atoms with E-state index in [1.165, 1.54) is 6.07 Å². The summed E-state index contributed by atoms with van der Waals surface area (Å²) in [6.07, 6.45) is 1.86. The van der Waals surface area contributed by atoms with Gasteiger partial charge in [0.2, 0.25) is 0 Å². The molecule has 1 aromatic rings. The van der Waals surface area contributed by atoms with E-state index in [-0.39, 0.29) is 0 Å². The van der Waals surface area contributed by atoms with Gasteiger partial charge in [-0.15, -0.1) is 0 Å². The fourth-order valence-corrected chi connectivity index (χ4v) is 2.06. The Morgan fingerprint density at radius 2 is 2.17 bits per heavy atom. The van der Waals surface area contributed by atoms with Gasteiger partial charge in [0.1, 0.15) is 0 Å². The van der Waals surface area contributed by atoms with Crippen molar-refractivity contribution in [1.82, 2.24) is 0 Å². The number of carbonyl (C=O) groups excluding carboxylic acids is 1. The number of nitrogen functional groups attached to an aromatic ring is 1. The van der Waals surface area contributed by atoms with Crippen LogP contribution in [0.2, 0.25) is 5.02 Å². The van der Waals surface area contributed by atoms with Crippen molar-refractivity contribution in [2.24, 2.45) is 5.92 Å². The zero-order chi connectivity index (χ0) is 13.0. The second kappa shape index (κ2) is 6.07. The van der Waals surface area contributed by atoms with E-state index >= 15 is 0 Å². The van der Waals surface area contributed by atoms with Crippen LogP contribution < -0.4 is 5.73 Å². The minimum Gasteiger partial charge on any atom is -0.462 e. The van der Waals surface area contributed by atoms with Crippen LogP contribution in [-0.2, 0) is 9.47 Å². The summed E-state index contributed by atoms with van der Waals surface area (Å²) in [4.78, 5) is 11.9. The van der Waals surface area contributed by atoms with E-state index in [0.717, 1.165) is 26.1 Å². The Balaban J connectivity index is 1.92. The van der Waals surface area contributed by atoms with Crippen molar-refractivity contribution in [3.63, 3.8) is 0 Å². The van der Waals surface area contributed by atoms with Crippen molar-refractivity contribution in [3.05, 3.63) is 28.8 Å². The number of ether oxygens (including phenoxy) is 2. The van der Waals surface area contributed by atoms with Crippen LogP contribution >= 0.6 is 11.6 Å². The van der Waals surface area contributed by atoms with Gasteiger partial charge in [-0.05, 0) is 37.0 Å². The van der Waals surface area contributed by atoms with Gasteiger partial charge in [-0.3, -0.25) is 0 Å². The number of halogens is 1. The smallest absolute Gasteiger partial charge is 0.340 e. The first-order valence-electron chi connectivity index (χ1n) is 5.96. The second-order valence-electron chi connectivity index (χ2n) is 4.39. The third-order valence-electron chi connectivity index (χ3n) is 3.03. The van der Waals surface area contributed by atoms with E-state index in [9.17, 15) is 4.79 Å². The maximum absolute atomic E-state index is 11.9. The zero-order valence-corrected chi connectivity index (χ0v) is 10.8. The Bertz CT molecular complexity index is 430. The minimum absolute atomic E-state index is 0.328. The third kappa shape index (κ3) is 3.37. The molecule has 0 spiro atoms. The molecule has 0 unspecified atom stereocenters. The highest BCUT2D eigenvalue weighted by Gasteiger charge is 2.18. The minimum atomic E-state index is -0.415. The molecule has 2 N–H and O–H groups in total. The Labute approximate surface area is 111 Å². The number of nitrogens with two attached hydrogens (primary N) is 1. The van der Waals surface area contributed by atoms with E-state index in [2.05, 4.69) is 0 Å². The topological polar surface area (TPSA) is 61.6 Å². The Morgan fingerprint density at radius 3 is 2.89 bits per heavy atom. The fourth-order valence-electron chi connectivity index (χ4n) is 1.89. The Kier molecular flexibility index (Phi) is 4.44. The van der Waals surface area contributed by atoms with Crippen molar-refractivity contribution < 1.29 is 14.3 Å². The number of rotatable bonds is 3. The van der Waals surface area contributed by atoms with Gasteiger partial charge in [-0.1, -0.05) is 11.6 Å². The molecule has 1 heterocycles. The first kappa shape index (κ1) is 13.2. The average molecular weight is 270 g/mol. The van der Waals surface area contributed by atoms with Gasteiger partial charge in [0.15, 0.2) is 0 Å². The number of hydrogen-bond acceptors (Lipinski definition) is 4. The van der Waals surface area contributed by atoms with Gasteiger partial charge in [-0.2, -0.15) is 0 Å². The molecular formula is C13H16ClNO3. The number of carbonyl (C=O) groups is 1. The molecule has 0 aromatic heterocycles. The highest BCUT2D eigenvalue weighted by Crippen LogP contribution is 2.20. The van der Waals surface area contributed by atoms with Crippen LogP contribution in [0.25, 0.3) is 0 Å². The van der Waals surface area contributed by atoms with E-state index in [1.54, 1.807) is 12.1 Å². The summed E-state index contributed by atoms with van der Waals surface area (Å²) < 4.78 is 10.5. The number of benzene rings is 1. The molecule has 18 heavy (non-hydrogen) atoms. The molecule has 5 heteroatoms. The van der Waals surface area contributed by atoms with Crippen LogP contribution in [0.5, 0.6) is 0 Å². The van der Waals surface area contributed by atoms with E-state index in [0.29, 0.717) is 28.8 Å². The zero-order valence-electron chi connectivity index (χ0n) is 10.0. The normalized spacial score (nSPS) is 16.5. The molecule has 1 aromatic carbocycles. The van der Waals surface area contributed by atoms with Crippen molar-refractivity contribution in [1.29, 1.82) is 0 Å². The monoisotopic (exact) mass is 269 g/mol. The molecule has 0 bridgehead atoms. The van der Waals surface area contributed by atoms with E-state index < -0.39 is 5.97 Å². The Hall–Kier alpha value is -1.26. The largest absolute Gasteiger partial charge is 0.462 e. The molecule has 1 aliphatic rings. The van der Waals surface area contributed by atoms with Crippen LogP contribution in [0.15, 0.2) is 18.2 Å². The molecule has 4 nitrogen and oxygen atoms in total. The summed E-state index contributed by atoms with van der Waals surface area (Å²) >= 11 is 5.83. The van der Waals surface area contributed by atoms with Crippen molar-refractivity contribution in [2.45, 2.75) is 12.8 Å². The third-order valence-corrected chi connectivity index (χ3v) is 3.26. The van der Waals surface area contributed by atoms with E-state index in [4.69, 9.17) is 26.8 Å². The van der Waals surface area contributed by atoms with Crippen LogP contribution in [0, 0.1) is 5.92 Å². The predicted octanol–water partition coefficient (Wildman–Crippen LogP) is 2.51. The SMILES string of the molecule is Nc1ccc(Cl)cc1C(=O)OCC1CCOCC1. The summed E-state index contributed by atoms with van der Waals surface area (Å²) in [6.45, 7) is 1.89. The van der Waals surface area contributed by atoms with Gasteiger partial charge in [0.25, 0.3) is 0 Å². The van der Waals surface area contributed by atoms with Gasteiger partial charge < -0.3 is 15.2 Å². The summed E-state index contributed by atoms with van der Waals surface area (Å²) in [7, 11) is 0. The van der Waals surface area contributed by atoms with Gasteiger partial charge in [0.05, 0.1) is 12.2 Å². The highest BCUT2D eigenvalue weighted by atomic mass is 35.5. The van der Waals surface area contributed by atoms with Crippen LogP contribution in [0.3, 0.4) is 0 Å². The first-order valence-corrected chi connectivity index (χ1v) is 6.34. The molecular weight excluding hydrogens is 254 g/mol. The maximum Gasteiger partial charge on any atom is 0.340 e. The van der Waals surface area contributed by atoms with Crippen molar-refractivity contribution in [2.75, 3.05) is 25.6 Å². The summed E-state index contributed by atoms with van der Waals surface area (Å²) in [6, 6.07) is 4.78. The first-order chi connectivity index (χ1) is 8.66. The molecule has 98 valence electrons.